The minimum absolute atomic E-state index is 0.152. The van der Waals surface area contributed by atoms with E-state index in [1.54, 1.807) is 31.2 Å². The van der Waals surface area contributed by atoms with Crippen molar-refractivity contribution in [3.63, 3.8) is 0 Å². The number of amides is 1. The van der Waals surface area contributed by atoms with Crippen molar-refractivity contribution in [2.75, 3.05) is 19.6 Å². The number of likely N-dealkylation sites (N-methyl/N-ethyl adjacent to an activating group) is 1. The number of hydrogen-bond acceptors (Lipinski definition) is 4. The molecule has 0 aliphatic heterocycles. The summed E-state index contributed by atoms with van der Waals surface area (Å²) in [5, 5.41) is 3.26. The molecule has 0 radical (unpaired) electrons. The summed E-state index contributed by atoms with van der Waals surface area (Å²) >= 11 is 0. The third-order valence-corrected chi connectivity index (χ3v) is 5.15. The van der Waals surface area contributed by atoms with Gasteiger partial charge in [0.1, 0.15) is 0 Å². The Labute approximate surface area is 126 Å². The van der Waals surface area contributed by atoms with E-state index < -0.39 is 15.9 Å². The lowest BCUT2D eigenvalue weighted by atomic mass is 10.1. The van der Waals surface area contributed by atoms with E-state index in [4.69, 9.17) is 5.73 Å². The molecular formula is C14H23N3O3S. The van der Waals surface area contributed by atoms with Gasteiger partial charge < -0.3 is 11.1 Å². The molecular weight excluding hydrogens is 290 g/mol. The number of nitrogens with two attached hydrogens (primary N) is 1. The van der Waals surface area contributed by atoms with Crippen LogP contribution in [0.4, 0.5) is 0 Å². The summed E-state index contributed by atoms with van der Waals surface area (Å²) in [5.74, 6) is -0.669. The Morgan fingerprint density at radius 2 is 1.86 bits per heavy atom. The van der Waals surface area contributed by atoms with Crippen molar-refractivity contribution in [2.24, 2.45) is 5.73 Å². The molecule has 0 spiro atoms. The van der Waals surface area contributed by atoms with E-state index in [2.05, 4.69) is 5.32 Å². The minimum atomic E-state index is -3.69. The quantitative estimate of drug-likeness (QED) is 0.744. The molecule has 0 fully saturated rings. The van der Waals surface area contributed by atoms with E-state index in [1.165, 1.54) is 0 Å². The Kier molecular flexibility index (Phi) is 6.32. The molecule has 7 heteroatoms. The first-order chi connectivity index (χ1) is 9.82. The molecule has 1 rings (SSSR count). The molecule has 0 bridgehead atoms. The molecule has 3 N–H and O–H groups in total. The van der Waals surface area contributed by atoms with Crippen molar-refractivity contribution in [3.05, 3.63) is 29.8 Å². The van der Waals surface area contributed by atoms with Crippen LogP contribution in [0.15, 0.2) is 29.2 Å². The van der Waals surface area contributed by atoms with Crippen molar-refractivity contribution >= 4 is 15.9 Å². The van der Waals surface area contributed by atoms with Gasteiger partial charge in [0.15, 0.2) is 0 Å². The largest absolute Gasteiger partial charge is 0.369 e. The van der Waals surface area contributed by atoms with Gasteiger partial charge in [-0.2, -0.15) is 4.31 Å². The van der Waals surface area contributed by atoms with Crippen LogP contribution < -0.4 is 11.1 Å². The summed E-state index contributed by atoms with van der Waals surface area (Å²) in [7, 11) is -3.69. The molecule has 0 aliphatic rings. The van der Waals surface area contributed by atoms with Gasteiger partial charge in [0.2, 0.25) is 15.9 Å². The topological polar surface area (TPSA) is 92.5 Å². The molecule has 0 heterocycles. The molecule has 0 saturated carbocycles. The van der Waals surface area contributed by atoms with Gasteiger partial charge >= 0.3 is 0 Å². The minimum Gasteiger partial charge on any atom is -0.369 e. The summed E-state index contributed by atoms with van der Waals surface area (Å²) in [6.07, 6.45) is 0. The van der Waals surface area contributed by atoms with Crippen molar-refractivity contribution < 1.29 is 13.2 Å². The highest BCUT2D eigenvalue weighted by molar-refractivity contribution is 7.89. The predicted molar refractivity (Wildman–Crippen MR) is 82.2 cm³/mol. The van der Waals surface area contributed by atoms with E-state index in [-0.39, 0.29) is 24.0 Å². The zero-order valence-electron chi connectivity index (χ0n) is 12.7. The van der Waals surface area contributed by atoms with E-state index in [0.29, 0.717) is 0 Å². The molecule has 1 aromatic carbocycles. The van der Waals surface area contributed by atoms with Crippen LogP contribution in [0.3, 0.4) is 0 Å². The molecule has 1 unspecified atom stereocenters. The van der Waals surface area contributed by atoms with Gasteiger partial charge in [0.25, 0.3) is 0 Å². The maximum atomic E-state index is 12.4. The summed E-state index contributed by atoms with van der Waals surface area (Å²) < 4.78 is 25.9. The Bertz CT molecular complexity index is 570. The maximum Gasteiger partial charge on any atom is 0.243 e. The van der Waals surface area contributed by atoms with Gasteiger partial charge in [-0.05, 0) is 31.2 Å². The van der Waals surface area contributed by atoms with Crippen molar-refractivity contribution in [1.82, 2.24) is 9.62 Å². The lowest BCUT2D eigenvalue weighted by molar-refractivity contribution is -0.118. The summed E-state index contributed by atoms with van der Waals surface area (Å²) in [4.78, 5) is 11.1. The highest BCUT2D eigenvalue weighted by Gasteiger charge is 2.24. The zero-order valence-corrected chi connectivity index (χ0v) is 13.5. The summed E-state index contributed by atoms with van der Waals surface area (Å²) in [6.45, 7) is 6.41. The van der Waals surface area contributed by atoms with E-state index in [9.17, 15) is 13.2 Å². The molecule has 21 heavy (non-hydrogen) atoms. The second kappa shape index (κ2) is 7.53. The Hall–Kier alpha value is -1.44. The van der Waals surface area contributed by atoms with Crippen LogP contribution in [0.5, 0.6) is 0 Å². The van der Waals surface area contributed by atoms with Gasteiger partial charge in [-0.3, -0.25) is 4.79 Å². The smallest absolute Gasteiger partial charge is 0.243 e. The van der Waals surface area contributed by atoms with Crippen LogP contribution in [0.1, 0.15) is 32.4 Å². The first kappa shape index (κ1) is 17.6. The van der Waals surface area contributed by atoms with Gasteiger partial charge in [0.05, 0.1) is 11.4 Å². The zero-order chi connectivity index (χ0) is 16.0. The number of hydrogen-bond donors (Lipinski definition) is 2. The van der Waals surface area contributed by atoms with Crippen LogP contribution in [-0.4, -0.2) is 38.3 Å². The lowest BCUT2D eigenvalue weighted by Gasteiger charge is -2.19. The lowest BCUT2D eigenvalue weighted by Crippen LogP contribution is -2.38. The fraction of sp³-hybridized carbons (Fsp3) is 0.500. The summed E-state index contributed by atoms with van der Waals surface area (Å²) in [5.41, 5.74) is 6.10. The molecule has 1 aromatic rings. The van der Waals surface area contributed by atoms with E-state index >= 15 is 0 Å². The fourth-order valence-electron chi connectivity index (χ4n) is 2.04. The SMILES string of the molecule is CCNC(C)c1ccc(S(=O)(=O)N(CC)CC(N)=O)cc1. The van der Waals surface area contributed by atoms with Crippen molar-refractivity contribution in [2.45, 2.75) is 31.7 Å². The fourth-order valence-corrected chi connectivity index (χ4v) is 3.46. The average molecular weight is 313 g/mol. The molecule has 1 atom stereocenters. The molecule has 118 valence electrons. The van der Waals surface area contributed by atoms with Gasteiger partial charge in [0, 0.05) is 12.6 Å². The average Bonchev–Trinajstić information content (AvgIpc) is 2.44. The number of sulfonamides is 1. The molecule has 0 saturated heterocycles. The Morgan fingerprint density at radius 3 is 2.29 bits per heavy atom. The number of benzene rings is 1. The normalized spacial score (nSPS) is 13.3. The molecule has 0 aliphatic carbocycles. The first-order valence-corrected chi connectivity index (χ1v) is 8.38. The Balaban J connectivity index is 3.01. The highest BCUT2D eigenvalue weighted by atomic mass is 32.2. The number of primary amides is 1. The second-order valence-corrected chi connectivity index (χ2v) is 6.68. The number of carbonyl (C=O) groups excluding carboxylic acids is 1. The Morgan fingerprint density at radius 1 is 1.29 bits per heavy atom. The van der Waals surface area contributed by atoms with Crippen LogP contribution in [0.25, 0.3) is 0 Å². The standard InChI is InChI=1S/C14H23N3O3S/c1-4-16-11(3)12-6-8-13(9-7-12)21(19,20)17(5-2)10-14(15)18/h6-9,11,16H,4-5,10H2,1-3H3,(H2,15,18). The first-order valence-electron chi connectivity index (χ1n) is 6.94. The number of carbonyl (C=O) groups is 1. The third kappa shape index (κ3) is 4.52. The summed E-state index contributed by atoms with van der Waals surface area (Å²) in [6, 6.07) is 6.82. The van der Waals surface area contributed by atoms with Gasteiger partial charge in [-0.25, -0.2) is 8.42 Å². The number of nitrogens with zero attached hydrogens (tertiary/aromatic N) is 1. The number of rotatable bonds is 8. The van der Waals surface area contributed by atoms with Crippen LogP contribution in [-0.2, 0) is 14.8 Å². The molecule has 1 amide bonds. The maximum absolute atomic E-state index is 12.4. The van der Waals surface area contributed by atoms with Crippen molar-refractivity contribution in [3.8, 4) is 0 Å². The second-order valence-electron chi connectivity index (χ2n) is 4.75. The monoisotopic (exact) mass is 313 g/mol. The van der Waals surface area contributed by atoms with Gasteiger partial charge in [-0.1, -0.05) is 26.0 Å². The van der Waals surface area contributed by atoms with E-state index in [1.807, 2.05) is 13.8 Å². The third-order valence-electron chi connectivity index (χ3n) is 3.21. The predicted octanol–water partition coefficient (Wildman–Crippen LogP) is 0.853. The molecule has 0 aromatic heterocycles. The van der Waals surface area contributed by atoms with Crippen LogP contribution in [0, 0.1) is 0 Å². The highest BCUT2D eigenvalue weighted by Crippen LogP contribution is 2.19. The van der Waals surface area contributed by atoms with Crippen LogP contribution in [0.2, 0.25) is 0 Å². The molecule has 6 nitrogen and oxygen atoms in total. The van der Waals surface area contributed by atoms with Crippen LogP contribution >= 0.6 is 0 Å². The van der Waals surface area contributed by atoms with E-state index in [0.717, 1.165) is 16.4 Å². The number of nitrogens with one attached hydrogen (secondary N) is 1. The van der Waals surface area contributed by atoms with Crippen molar-refractivity contribution in [1.29, 1.82) is 0 Å². The van der Waals surface area contributed by atoms with Gasteiger partial charge in [-0.15, -0.1) is 0 Å².